The molecule has 5 nitrogen and oxygen atoms in total. The molecule has 126 valence electrons. The first-order valence-corrected chi connectivity index (χ1v) is 8.06. The van der Waals surface area contributed by atoms with E-state index in [0.717, 1.165) is 0 Å². The number of amides is 3. The van der Waals surface area contributed by atoms with Crippen molar-refractivity contribution in [1.82, 2.24) is 15.5 Å². The summed E-state index contributed by atoms with van der Waals surface area (Å²) in [5.41, 5.74) is -0.0851. The van der Waals surface area contributed by atoms with Crippen LogP contribution in [0, 0.1) is 5.82 Å². The van der Waals surface area contributed by atoms with Gasteiger partial charge in [-0.1, -0.05) is 17.7 Å². The SMILES string of the molecule is CC(C)NC(=O)NC1CCN(C(=O)c2c(F)cccc2Cl)CC1. The zero-order chi connectivity index (χ0) is 17.0. The fourth-order valence-corrected chi connectivity index (χ4v) is 2.82. The van der Waals surface area contributed by atoms with Gasteiger partial charge in [0, 0.05) is 25.2 Å². The Bertz CT molecular complexity index is 566. The number of hydrogen-bond donors (Lipinski definition) is 2. The summed E-state index contributed by atoms with van der Waals surface area (Å²) in [6, 6.07) is 4.07. The molecule has 1 aliphatic rings. The number of halogens is 2. The molecule has 1 fully saturated rings. The van der Waals surface area contributed by atoms with Crippen molar-refractivity contribution in [3.8, 4) is 0 Å². The summed E-state index contributed by atoms with van der Waals surface area (Å²) >= 11 is 5.94. The number of nitrogens with zero attached hydrogens (tertiary/aromatic N) is 1. The van der Waals surface area contributed by atoms with Gasteiger partial charge < -0.3 is 15.5 Å². The van der Waals surface area contributed by atoms with E-state index in [1.807, 2.05) is 13.8 Å². The first kappa shape index (κ1) is 17.5. The zero-order valence-corrected chi connectivity index (χ0v) is 14.0. The fraction of sp³-hybridized carbons (Fsp3) is 0.500. The molecule has 0 bridgehead atoms. The molecule has 1 saturated heterocycles. The normalized spacial score (nSPS) is 15.6. The lowest BCUT2D eigenvalue weighted by molar-refractivity contribution is 0.0704. The van der Waals surface area contributed by atoms with Crippen molar-refractivity contribution in [2.75, 3.05) is 13.1 Å². The van der Waals surface area contributed by atoms with E-state index in [2.05, 4.69) is 10.6 Å². The molecule has 0 unspecified atom stereocenters. The lowest BCUT2D eigenvalue weighted by Crippen LogP contribution is -2.50. The van der Waals surface area contributed by atoms with Gasteiger partial charge in [0.25, 0.3) is 5.91 Å². The van der Waals surface area contributed by atoms with Gasteiger partial charge in [-0.2, -0.15) is 0 Å². The standard InChI is InChI=1S/C16H21ClFN3O2/c1-10(2)19-16(23)20-11-6-8-21(9-7-11)15(22)14-12(17)4-3-5-13(14)18/h3-5,10-11H,6-9H2,1-2H3,(H2,19,20,23). The van der Waals surface area contributed by atoms with Crippen LogP contribution in [0.5, 0.6) is 0 Å². The highest BCUT2D eigenvalue weighted by atomic mass is 35.5. The Morgan fingerprint density at radius 2 is 1.96 bits per heavy atom. The third-order valence-corrected chi connectivity index (χ3v) is 4.03. The van der Waals surface area contributed by atoms with E-state index in [9.17, 15) is 14.0 Å². The van der Waals surface area contributed by atoms with Gasteiger partial charge in [0.15, 0.2) is 0 Å². The second-order valence-corrected chi connectivity index (χ2v) is 6.34. The Morgan fingerprint density at radius 3 is 2.52 bits per heavy atom. The van der Waals surface area contributed by atoms with Gasteiger partial charge in [0.1, 0.15) is 5.82 Å². The molecule has 0 spiro atoms. The molecule has 2 N–H and O–H groups in total. The van der Waals surface area contributed by atoms with Crippen molar-refractivity contribution in [3.63, 3.8) is 0 Å². The smallest absolute Gasteiger partial charge is 0.315 e. The molecule has 0 saturated carbocycles. The third-order valence-electron chi connectivity index (χ3n) is 3.71. The second-order valence-electron chi connectivity index (χ2n) is 5.94. The van der Waals surface area contributed by atoms with Crippen LogP contribution in [0.3, 0.4) is 0 Å². The highest BCUT2D eigenvalue weighted by Gasteiger charge is 2.27. The first-order valence-electron chi connectivity index (χ1n) is 7.68. The highest BCUT2D eigenvalue weighted by Crippen LogP contribution is 2.22. The van der Waals surface area contributed by atoms with Crippen molar-refractivity contribution in [2.45, 2.75) is 38.8 Å². The van der Waals surface area contributed by atoms with Crippen molar-refractivity contribution in [3.05, 3.63) is 34.6 Å². The molecule has 1 aromatic carbocycles. The van der Waals surface area contributed by atoms with E-state index in [1.54, 1.807) is 4.90 Å². The first-order chi connectivity index (χ1) is 10.9. The predicted octanol–water partition coefficient (Wildman–Crippen LogP) is 2.79. The quantitative estimate of drug-likeness (QED) is 0.888. The van der Waals surface area contributed by atoms with Crippen LogP contribution in [0.2, 0.25) is 5.02 Å². The lowest BCUT2D eigenvalue weighted by Gasteiger charge is -2.32. The molecule has 1 aliphatic heterocycles. The average molecular weight is 342 g/mol. The van der Waals surface area contributed by atoms with E-state index < -0.39 is 11.7 Å². The van der Waals surface area contributed by atoms with Crippen molar-refractivity contribution >= 4 is 23.5 Å². The molecular weight excluding hydrogens is 321 g/mol. The van der Waals surface area contributed by atoms with Crippen LogP contribution in [0.1, 0.15) is 37.0 Å². The van der Waals surface area contributed by atoms with Crippen LogP contribution < -0.4 is 10.6 Å². The Hall–Kier alpha value is -1.82. The van der Waals surface area contributed by atoms with Crippen molar-refractivity contribution in [2.24, 2.45) is 0 Å². The number of nitrogens with one attached hydrogen (secondary N) is 2. The van der Waals surface area contributed by atoms with Gasteiger partial charge >= 0.3 is 6.03 Å². The Labute approximate surface area is 140 Å². The number of benzene rings is 1. The number of carbonyl (C=O) groups excluding carboxylic acids is 2. The van der Waals surface area contributed by atoms with Gasteiger partial charge in [0.05, 0.1) is 10.6 Å². The molecule has 2 rings (SSSR count). The summed E-state index contributed by atoms with van der Waals surface area (Å²) in [6.07, 6.45) is 1.26. The van der Waals surface area contributed by atoms with Gasteiger partial charge in [-0.15, -0.1) is 0 Å². The number of likely N-dealkylation sites (tertiary alicyclic amines) is 1. The number of piperidine rings is 1. The number of carbonyl (C=O) groups is 2. The predicted molar refractivity (Wildman–Crippen MR) is 87.1 cm³/mol. The summed E-state index contributed by atoms with van der Waals surface area (Å²) in [6.45, 7) is 4.68. The highest BCUT2D eigenvalue weighted by molar-refractivity contribution is 6.33. The lowest BCUT2D eigenvalue weighted by atomic mass is 10.0. The average Bonchev–Trinajstić information content (AvgIpc) is 2.46. The van der Waals surface area contributed by atoms with E-state index in [1.165, 1.54) is 18.2 Å². The summed E-state index contributed by atoms with van der Waals surface area (Å²) < 4.78 is 13.8. The van der Waals surface area contributed by atoms with E-state index in [4.69, 9.17) is 11.6 Å². The molecule has 0 atom stereocenters. The van der Waals surface area contributed by atoms with E-state index in [0.29, 0.717) is 25.9 Å². The van der Waals surface area contributed by atoms with Gasteiger partial charge in [0.2, 0.25) is 0 Å². The van der Waals surface area contributed by atoms with Crippen LogP contribution in [0.25, 0.3) is 0 Å². The van der Waals surface area contributed by atoms with Crippen molar-refractivity contribution < 1.29 is 14.0 Å². The Morgan fingerprint density at radius 1 is 1.30 bits per heavy atom. The maximum absolute atomic E-state index is 13.8. The van der Waals surface area contributed by atoms with Gasteiger partial charge in [-0.05, 0) is 38.8 Å². The van der Waals surface area contributed by atoms with Crippen LogP contribution in [0.4, 0.5) is 9.18 Å². The third kappa shape index (κ3) is 4.58. The topological polar surface area (TPSA) is 61.4 Å². The van der Waals surface area contributed by atoms with Gasteiger partial charge in [-0.3, -0.25) is 4.79 Å². The molecule has 1 aromatic rings. The molecule has 0 aliphatic carbocycles. The summed E-state index contributed by atoms with van der Waals surface area (Å²) in [7, 11) is 0. The number of rotatable bonds is 3. The minimum absolute atomic E-state index is 0.00823. The van der Waals surface area contributed by atoms with Crippen LogP contribution in [0.15, 0.2) is 18.2 Å². The Kier molecular flexibility index (Phi) is 5.82. The van der Waals surface area contributed by atoms with Crippen LogP contribution >= 0.6 is 11.6 Å². The van der Waals surface area contributed by atoms with Crippen LogP contribution in [-0.2, 0) is 0 Å². The summed E-state index contributed by atoms with van der Waals surface area (Å²) in [4.78, 5) is 25.7. The molecule has 0 aromatic heterocycles. The van der Waals surface area contributed by atoms with E-state index >= 15 is 0 Å². The summed E-state index contributed by atoms with van der Waals surface area (Å²) in [5, 5.41) is 5.77. The monoisotopic (exact) mass is 341 g/mol. The van der Waals surface area contributed by atoms with Crippen molar-refractivity contribution in [1.29, 1.82) is 0 Å². The number of urea groups is 1. The maximum Gasteiger partial charge on any atom is 0.315 e. The molecule has 3 amide bonds. The van der Waals surface area contributed by atoms with Crippen LogP contribution in [-0.4, -0.2) is 42.0 Å². The fourth-order valence-electron chi connectivity index (χ4n) is 2.58. The largest absolute Gasteiger partial charge is 0.338 e. The Balaban J connectivity index is 1.92. The number of hydrogen-bond acceptors (Lipinski definition) is 2. The second kappa shape index (κ2) is 7.64. The maximum atomic E-state index is 13.8. The summed E-state index contributed by atoms with van der Waals surface area (Å²) in [5.74, 6) is -1.02. The minimum atomic E-state index is -0.612. The zero-order valence-electron chi connectivity index (χ0n) is 13.2. The molecule has 0 radical (unpaired) electrons. The molecule has 23 heavy (non-hydrogen) atoms. The van der Waals surface area contributed by atoms with E-state index in [-0.39, 0.29) is 28.7 Å². The van der Waals surface area contributed by atoms with Gasteiger partial charge in [-0.25, -0.2) is 9.18 Å². The molecule has 7 heteroatoms. The molecule has 1 heterocycles. The minimum Gasteiger partial charge on any atom is -0.338 e. The molecular formula is C16H21ClFN3O2.